The fourth-order valence-electron chi connectivity index (χ4n) is 8.73. The number of nitriles is 1. The van der Waals surface area contributed by atoms with Gasteiger partial charge in [0.2, 0.25) is 10.0 Å². The van der Waals surface area contributed by atoms with Gasteiger partial charge in [-0.25, -0.2) is 23.1 Å². The second-order valence-corrected chi connectivity index (χ2v) is 18.2. The Balaban J connectivity index is 1.05. The van der Waals surface area contributed by atoms with E-state index >= 15 is 0 Å². The zero-order valence-corrected chi connectivity index (χ0v) is 33.3. The van der Waals surface area contributed by atoms with Crippen LogP contribution < -0.4 is 15.2 Å². The van der Waals surface area contributed by atoms with Crippen LogP contribution in [0.2, 0.25) is 5.02 Å². The van der Waals surface area contributed by atoms with Crippen molar-refractivity contribution in [3.05, 3.63) is 79.9 Å². The number of aryl methyl sites for hydroxylation is 1. The highest BCUT2D eigenvalue weighted by Gasteiger charge is 2.79. The Morgan fingerprint density at radius 2 is 1.88 bits per heavy atom. The van der Waals surface area contributed by atoms with Gasteiger partial charge < -0.3 is 4.90 Å². The van der Waals surface area contributed by atoms with Crippen LogP contribution in [0.25, 0.3) is 32.2 Å². The number of hydrogen-bond acceptors (Lipinski definition) is 11. The van der Waals surface area contributed by atoms with E-state index in [1.54, 1.807) is 31.2 Å². The van der Waals surface area contributed by atoms with Crippen molar-refractivity contribution in [2.24, 2.45) is 5.41 Å². The number of piperidine rings is 1. The van der Waals surface area contributed by atoms with Crippen molar-refractivity contribution >= 4 is 65.8 Å². The predicted molar refractivity (Wildman–Crippen MR) is 211 cm³/mol. The predicted octanol–water partition coefficient (Wildman–Crippen LogP) is 6.03. The van der Waals surface area contributed by atoms with Crippen molar-refractivity contribution in [2.75, 3.05) is 31.3 Å². The van der Waals surface area contributed by atoms with Gasteiger partial charge in [0, 0.05) is 65.0 Å². The van der Waals surface area contributed by atoms with Crippen molar-refractivity contribution in [1.29, 1.82) is 5.26 Å². The van der Waals surface area contributed by atoms with Crippen LogP contribution in [0.15, 0.2) is 46.8 Å². The lowest BCUT2D eigenvalue weighted by atomic mass is 9.38. The van der Waals surface area contributed by atoms with E-state index in [-0.39, 0.29) is 59.4 Å². The third-order valence-electron chi connectivity index (χ3n) is 11.6. The summed E-state index contributed by atoms with van der Waals surface area (Å²) in [5.74, 6) is 6.11. The molecule has 0 spiro atoms. The lowest BCUT2D eigenvalue weighted by Gasteiger charge is -2.74. The fourth-order valence-corrected chi connectivity index (χ4v) is 10.4. The maximum absolute atomic E-state index is 14.1. The molecule has 9 rings (SSSR count). The molecule has 4 aliphatic rings. The normalized spacial score (nSPS) is 20.9. The van der Waals surface area contributed by atoms with Crippen LogP contribution in [0, 0.1) is 35.5 Å². The van der Waals surface area contributed by atoms with Crippen LogP contribution in [0.3, 0.4) is 0 Å². The first kappa shape index (κ1) is 38.8. The summed E-state index contributed by atoms with van der Waals surface area (Å²) < 4.78 is 67.8. The highest BCUT2D eigenvalue weighted by molar-refractivity contribution is 7.89. The SMILES string of the molecule is Cc1nc2cnc(N(C)C3CCN(C45CC(C(F)(F)F)(C4)C5)CC3)c(C#N)c2c(=O)n1CC#Cc1ccc(Cl)cc1-c1ccnc2c(C(=O)NS(C)(=O)=O)csc12. The van der Waals surface area contributed by atoms with Gasteiger partial charge >= 0.3 is 6.18 Å². The summed E-state index contributed by atoms with van der Waals surface area (Å²) in [5.41, 5.74) is 0.323. The molecule has 18 heteroatoms. The molecule has 0 radical (unpaired) electrons. The maximum atomic E-state index is 14.1. The maximum Gasteiger partial charge on any atom is 0.394 e. The highest BCUT2D eigenvalue weighted by atomic mass is 35.5. The Morgan fingerprint density at radius 3 is 2.54 bits per heavy atom. The summed E-state index contributed by atoms with van der Waals surface area (Å²) in [4.78, 5) is 44.4. The topological polar surface area (TPSA) is 154 Å². The standard InChI is InChI=1S/C39H34ClF3N8O4S2/c1-22-47-30-17-46-34(49(2)25-9-13-50(14-10-25)38-19-37(20-38,21-38)39(41,42)43)28(16-44)31(30)36(53)51(22)12-4-5-23-6-7-24(40)15-27(23)26-8-11-45-32-29(18-56-33(26)32)35(52)48-57(3,54)55/h6-8,11,15,17-18,25H,9-10,12-14,19-21H2,1-3H3,(H,48,52). The summed E-state index contributed by atoms with van der Waals surface area (Å²) >= 11 is 7.64. The Labute approximate surface area is 334 Å². The lowest BCUT2D eigenvalue weighted by Crippen LogP contribution is -2.79. The number of halogens is 4. The van der Waals surface area contributed by atoms with E-state index in [0.29, 0.717) is 69.5 Å². The summed E-state index contributed by atoms with van der Waals surface area (Å²) in [6, 6.07) is 9.03. The number of hydrogen-bond donors (Lipinski definition) is 1. The van der Waals surface area contributed by atoms with Crippen molar-refractivity contribution < 1.29 is 26.4 Å². The number of benzene rings is 1. The van der Waals surface area contributed by atoms with Crippen molar-refractivity contribution in [3.8, 4) is 29.0 Å². The third kappa shape index (κ3) is 6.60. The molecule has 4 fully saturated rings. The van der Waals surface area contributed by atoms with Gasteiger partial charge in [0.1, 0.15) is 23.3 Å². The summed E-state index contributed by atoms with van der Waals surface area (Å²) in [6.45, 7) is 2.89. The van der Waals surface area contributed by atoms with Crippen LogP contribution in [-0.2, 0) is 16.6 Å². The Bertz CT molecular complexity index is 2780. The molecule has 1 N–H and O–H groups in total. The number of anilines is 1. The molecule has 57 heavy (non-hydrogen) atoms. The molecule has 5 aromatic rings. The minimum Gasteiger partial charge on any atom is -0.355 e. The zero-order valence-electron chi connectivity index (χ0n) is 30.9. The Hall–Kier alpha value is -5.07. The molecule has 12 nitrogen and oxygen atoms in total. The molecule has 4 aromatic heterocycles. The van der Waals surface area contributed by atoms with E-state index in [0.717, 1.165) is 6.26 Å². The number of fused-ring (bicyclic) bond motifs is 2. The monoisotopic (exact) mass is 834 g/mol. The van der Waals surface area contributed by atoms with Crippen molar-refractivity contribution in [3.63, 3.8) is 0 Å². The quantitative estimate of drug-likeness (QED) is 0.193. The number of pyridine rings is 2. The average molecular weight is 835 g/mol. The highest BCUT2D eigenvalue weighted by Crippen LogP contribution is 2.75. The Morgan fingerprint density at radius 1 is 1.16 bits per heavy atom. The number of aromatic nitrogens is 4. The van der Waals surface area contributed by atoms with Crippen LogP contribution in [0.4, 0.5) is 19.0 Å². The van der Waals surface area contributed by atoms with Crippen LogP contribution >= 0.6 is 22.9 Å². The first-order valence-electron chi connectivity index (χ1n) is 18.0. The smallest absolute Gasteiger partial charge is 0.355 e. The van der Waals surface area contributed by atoms with E-state index in [4.69, 9.17) is 11.6 Å². The number of alkyl halides is 3. The van der Waals surface area contributed by atoms with Crippen molar-refractivity contribution in [1.82, 2.24) is 29.1 Å². The molecule has 5 heterocycles. The first-order chi connectivity index (χ1) is 26.9. The second-order valence-electron chi connectivity index (χ2n) is 15.1. The number of sulfonamides is 1. The fraction of sp³-hybridized carbons (Fsp3) is 0.385. The number of amides is 1. The van der Waals surface area contributed by atoms with Gasteiger partial charge in [-0.2, -0.15) is 18.4 Å². The van der Waals surface area contributed by atoms with Gasteiger partial charge in [-0.15, -0.1) is 11.3 Å². The molecule has 3 saturated carbocycles. The molecule has 0 atom stereocenters. The van der Waals surface area contributed by atoms with E-state index in [1.165, 1.54) is 33.7 Å². The van der Waals surface area contributed by atoms with Gasteiger partial charge in [0.25, 0.3) is 11.5 Å². The minimum absolute atomic E-state index is 0.0330. The van der Waals surface area contributed by atoms with Gasteiger partial charge in [0.15, 0.2) is 0 Å². The van der Waals surface area contributed by atoms with Gasteiger partial charge in [-0.05, 0) is 63.3 Å². The van der Waals surface area contributed by atoms with E-state index in [9.17, 15) is 36.4 Å². The summed E-state index contributed by atoms with van der Waals surface area (Å²) in [6.07, 6.45) is 1.58. The lowest BCUT2D eigenvalue weighted by molar-refractivity contribution is -0.363. The second kappa shape index (κ2) is 13.8. The number of nitrogens with zero attached hydrogens (tertiary/aromatic N) is 7. The largest absolute Gasteiger partial charge is 0.394 e. The van der Waals surface area contributed by atoms with E-state index < -0.39 is 33.1 Å². The van der Waals surface area contributed by atoms with E-state index in [1.807, 2.05) is 16.7 Å². The molecule has 1 amide bonds. The molecule has 3 aliphatic carbocycles. The van der Waals surface area contributed by atoms with Crippen LogP contribution in [-0.4, -0.2) is 82.9 Å². The van der Waals surface area contributed by atoms with Crippen LogP contribution in [0.1, 0.15) is 59.4 Å². The van der Waals surface area contributed by atoms with Crippen molar-refractivity contribution in [2.45, 2.75) is 63.3 Å². The number of carbonyl (C=O) groups is 1. The Kier molecular flexibility index (Phi) is 9.39. The molecule has 2 bridgehead atoms. The zero-order chi connectivity index (χ0) is 40.7. The van der Waals surface area contributed by atoms with Gasteiger partial charge in [0.05, 0.1) is 51.1 Å². The third-order valence-corrected chi connectivity index (χ3v) is 13.4. The molecule has 1 saturated heterocycles. The number of carbonyl (C=O) groups excluding carboxylic acids is 1. The molecular formula is C39H34ClF3N8O4S2. The number of thiophene rings is 1. The summed E-state index contributed by atoms with van der Waals surface area (Å²) in [5, 5.41) is 12.5. The minimum atomic E-state index is -4.15. The van der Waals surface area contributed by atoms with Crippen LogP contribution in [0.5, 0.6) is 0 Å². The summed E-state index contributed by atoms with van der Waals surface area (Å²) in [7, 11) is -1.98. The van der Waals surface area contributed by atoms with Gasteiger partial charge in [-0.3, -0.25) is 24.0 Å². The first-order valence-corrected chi connectivity index (χ1v) is 21.1. The molecule has 294 valence electrons. The molecule has 0 unspecified atom stereocenters. The van der Waals surface area contributed by atoms with Gasteiger partial charge in [-0.1, -0.05) is 23.4 Å². The molecular weight excluding hydrogens is 801 g/mol. The molecule has 1 aliphatic heterocycles. The number of nitrogens with one attached hydrogen (secondary N) is 1. The molecule has 1 aromatic carbocycles. The van der Waals surface area contributed by atoms with E-state index in [2.05, 4.69) is 37.8 Å². The number of rotatable bonds is 7. The number of likely N-dealkylation sites (tertiary alicyclic amines) is 1. The average Bonchev–Trinajstić information content (AvgIpc) is 3.55.